The molecular weight excluding hydrogens is 610 g/mol. The number of carbonyl (C=O) groups is 4. The smallest absolute Gasteiger partial charge is 0.360 e. The van der Waals surface area contributed by atoms with Crippen LogP contribution < -0.4 is 0 Å². The summed E-state index contributed by atoms with van der Waals surface area (Å²) in [4.78, 5) is 69.7. The van der Waals surface area contributed by atoms with Gasteiger partial charge < -0.3 is 14.5 Å². The van der Waals surface area contributed by atoms with Crippen LogP contribution in [0.1, 0.15) is 61.8 Å². The predicted octanol–water partition coefficient (Wildman–Crippen LogP) is 3.88. The van der Waals surface area contributed by atoms with Crippen molar-refractivity contribution in [3.05, 3.63) is 12.2 Å². The molecule has 0 bridgehead atoms. The van der Waals surface area contributed by atoms with Gasteiger partial charge in [-0.15, -0.1) is 0 Å². The number of phosphoric ester groups is 1. The SMILES string of the molecule is CC.CC.COP(=O)(O)OC(C)(C)COC(C)(C)P(=O)(O)OSSC1CC(=O)N(CCN2C(=O)C=CC2=O)C1=O. The average Bonchev–Trinajstić information content (AvgIpc) is 3.34. The number of nitrogens with zero attached hydrogens (tertiary/aromatic N) is 2. The van der Waals surface area contributed by atoms with E-state index >= 15 is 0 Å². The number of amides is 4. The highest BCUT2D eigenvalue weighted by Gasteiger charge is 2.46. The topological polar surface area (TPSA) is 186 Å². The van der Waals surface area contributed by atoms with E-state index in [4.69, 9.17) is 13.2 Å². The summed E-state index contributed by atoms with van der Waals surface area (Å²) >= 11 is 0.443. The monoisotopic (exact) mass is 650 g/mol. The Labute approximate surface area is 243 Å². The van der Waals surface area contributed by atoms with Gasteiger partial charge >= 0.3 is 15.4 Å². The number of likely N-dealkylation sites (tertiary alicyclic amines) is 1. The lowest BCUT2D eigenvalue weighted by atomic mass is 10.2. The van der Waals surface area contributed by atoms with Crippen molar-refractivity contribution in [2.45, 2.75) is 78.0 Å². The van der Waals surface area contributed by atoms with Gasteiger partial charge in [0.25, 0.3) is 11.8 Å². The molecule has 3 unspecified atom stereocenters. The van der Waals surface area contributed by atoms with Crippen LogP contribution in [-0.4, -0.2) is 86.2 Å². The average molecular weight is 651 g/mol. The van der Waals surface area contributed by atoms with Gasteiger partial charge in [-0.05, 0) is 38.5 Å². The third-order valence-corrected chi connectivity index (χ3v) is 10.9. The largest absolute Gasteiger partial charge is 0.472 e. The van der Waals surface area contributed by atoms with E-state index < -0.39 is 55.2 Å². The summed E-state index contributed by atoms with van der Waals surface area (Å²) in [7, 11) is -7.07. The molecule has 2 aliphatic heterocycles. The second-order valence-corrected chi connectivity index (χ2v) is 14.8. The van der Waals surface area contributed by atoms with Crippen molar-refractivity contribution in [1.29, 1.82) is 0 Å². The van der Waals surface area contributed by atoms with Crippen LogP contribution in [-0.2, 0) is 46.1 Å². The van der Waals surface area contributed by atoms with E-state index in [0.717, 1.165) is 39.9 Å². The van der Waals surface area contributed by atoms with E-state index in [9.17, 15) is 38.1 Å². The molecule has 1 saturated heterocycles. The van der Waals surface area contributed by atoms with Crippen LogP contribution in [0.25, 0.3) is 0 Å². The van der Waals surface area contributed by atoms with E-state index in [1.54, 1.807) is 0 Å². The van der Waals surface area contributed by atoms with E-state index in [1.165, 1.54) is 27.7 Å². The van der Waals surface area contributed by atoms with Crippen molar-refractivity contribution in [1.82, 2.24) is 9.80 Å². The van der Waals surface area contributed by atoms with E-state index in [2.05, 4.69) is 4.52 Å². The minimum Gasteiger partial charge on any atom is -0.360 e. The Morgan fingerprint density at radius 3 is 1.95 bits per heavy atom. The first-order valence-electron chi connectivity index (χ1n) is 12.4. The molecular formula is C22H40N2O12P2S2. The summed E-state index contributed by atoms with van der Waals surface area (Å²) in [5.74, 6) is -2.16. The molecule has 0 aromatic heterocycles. The highest BCUT2D eigenvalue weighted by atomic mass is 33.1. The maximum Gasteiger partial charge on any atom is 0.472 e. The van der Waals surface area contributed by atoms with Crippen molar-refractivity contribution in [2.75, 3.05) is 26.8 Å². The Kier molecular flexibility index (Phi) is 16.1. The molecule has 14 nitrogen and oxygen atoms in total. The van der Waals surface area contributed by atoms with Crippen LogP contribution in [0.3, 0.4) is 0 Å². The molecule has 0 aromatic carbocycles. The zero-order chi connectivity index (χ0) is 31.5. The van der Waals surface area contributed by atoms with Gasteiger partial charge in [0, 0.05) is 38.8 Å². The zero-order valence-electron chi connectivity index (χ0n) is 24.1. The summed E-state index contributed by atoms with van der Waals surface area (Å²) in [6.07, 6.45) is 2.00. The van der Waals surface area contributed by atoms with Crippen LogP contribution in [0.2, 0.25) is 0 Å². The van der Waals surface area contributed by atoms with Gasteiger partial charge in [0.05, 0.1) is 23.3 Å². The van der Waals surface area contributed by atoms with Crippen LogP contribution in [0.15, 0.2) is 12.2 Å². The van der Waals surface area contributed by atoms with Crippen molar-refractivity contribution in [2.24, 2.45) is 0 Å². The molecule has 0 radical (unpaired) electrons. The summed E-state index contributed by atoms with van der Waals surface area (Å²) in [5, 5.41) is -2.69. The predicted molar refractivity (Wildman–Crippen MR) is 152 cm³/mol. The van der Waals surface area contributed by atoms with Gasteiger partial charge in [-0.25, -0.2) is 8.54 Å². The first-order valence-corrected chi connectivity index (χ1v) is 17.6. The third kappa shape index (κ3) is 11.3. The lowest BCUT2D eigenvalue weighted by Crippen LogP contribution is -2.41. The van der Waals surface area contributed by atoms with Crippen molar-refractivity contribution < 1.29 is 55.8 Å². The van der Waals surface area contributed by atoms with E-state index in [0.29, 0.717) is 11.1 Å². The van der Waals surface area contributed by atoms with Gasteiger partial charge in [-0.2, -0.15) is 0 Å². The molecule has 0 saturated carbocycles. The Balaban J connectivity index is 0.00000363. The molecule has 0 aromatic rings. The molecule has 4 amide bonds. The van der Waals surface area contributed by atoms with E-state index in [-0.39, 0.29) is 26.1 Å². The number of phosphoric acid groups is 1. The number of imide groups is 2. The molecule has 0 aliphatic carbocycles. The Hall–Kier alpha value is -1.06. The summed E-state index contributed by atoms with van der Waals surface area (Å²) < 4.78 is 44.2. The van der Waals surface area contributed by atoms with Gasteiger partial charge in [0.15, 0.2) is 5.34 Å². The second-order valence-electron chi connectivity index (χ2n) is 8.73. The van der Waals surface area contributed by atoms with Crippen LogP contribution in [0.5, 0.6) is 0 Å². The zero-order valence-corrected chi connectivity index (χ0v) is 27.6. The lowest BCUT2D eigenvalue weighted by molar-refractivity contribution is -0.142. The Bertz CT molecular complexity index is 1020. The standard InChI is InChI=1S/C18H28N2O12P2S2.2C2H6/c1-17(2,31-34(27,28)29-5)11-30-18(3,4)33(25,26)32-36-35-12-10-15(23)20(16(12)24)9-8-19-13(21)6-7-14(19)22;2*1-2/h6-7,12H,8-11H2,1-5H3,(H,25,26)(H,27,28);2*1-2H3. The molecule has 18 heteroatoms. The minimum atomic E-state index is -4.48. The van der Waals surface area contributed by atoms with Gasteiger partial charge in [-0.3, -0.25) is 42.6 Å². The number of hydrogen-bond acceptors (Lipinski definition) is 12. The molecule has 40 heavy (non-hydrogen) atoms. The number of ether oxygens (including phenoxy) is 1. The fourth-order valence-electron chi connectivity index (χ4n) is 2.82. The highest BCUT2D eigenvalue weighted by molar-refractivity contribution is 8.75. The first-order chi connectivity index (χ1) is 18.4. The fraction of sp³-hybridized carbons (Fsp3) is 0.727. The quantitative estimate of drug-likeness (QED) is 0.119. The molecule has 2 heterocycles. The van der Waals surface area contributed by atoms with Crippen molar-refractivity contribution >= 4 is 60.9 Å². The van der Waals surface area contributed by atoms with Gasteiger partial charge in [-0.1, -0.05) is 27.7 Å². The first kappa shape index (κ1) is 38.9. The number of carbonyl (C=O) groups excluding carboxylic acids is 4. The Morgan fingerprint density at radius 1 is 0.950 bits per heavy atom. The molecule has 1 fully saturated rings. The molecule has 232 valence electrons. The molecule has 0 spiro atoms. The summed E-state index contributed by atoms with van der Waals surface area (Å²) in [6.45, 7) is 12.7. The van der Waals surface area contributed by atoms with Crippen LogP contribution in [0.4, 0.5) is 0 Å². The maximum absolute atomic E-state index is 12.8. The lowest BCUT2D eigenvalue weighted by Gasteiger charge is -2.33. The molecule has 2 aliphatic rings. The van der Waals surface area contributed by atoms with Gasteiger partial charge in [0.2, 0.25) is 11.8 Å². The fourth-order valence-corrected chi connectivity index (χ4v) is 7.30. The normalized spacial score (nSPS) is 20.5. The summed E-state index contributed by atoms with van der Waals surface area (Å²) in [6, 6.07) is 0. The Morgan fingerprint density at radius 2 is 1.45 bits per heavy atom. The molecule has 3 atom stereocenters. The highest BCUT2D eigenvalue weighted by Crippen LogP contribution is 2.60. The van der Waals surface area contributed by atoms with Crippen molar-refractivity contribution in [3.63, 3.8) is 0 Å². The van der Waals surface area contributed by atoms with Gasteiger partial charge in [0.1, 0.15) is 5.25 Å². The molecule has 2 N–H and O–H groups in total. The number of rotatable bonds is 14. The maximum atomic E-state index is 12.8. The number of hydrogen-bond donors (Lipinski definition) is 2. The van der Waals surface area contributed by atoms with Crippen LogP contribution in [0, 0.1) is 0 Å². The summed E-state index contributed by atoms with van der Waals surface area (Å²) in [5.41, 5.74) is -1.36. The minimum absolute atomic E-state index is 0.142. The van der Waals surface area contributed by atoms with E-state index in [1.807, 2.05) is 27.7 Å². The van der Waals surface area contributed by atoms with Crippen LogP contribution >= 0.6 is 37.3 Å². The molecule has 2 rings (SSSR count). The van der Waals surface area contributed by atoms with Crippen molar-refractivity contribution in [3.8, 4) is 0 Å². The second kappa shape index (κ2) is 16.5. The third-order valence-electron chi connectivity index (χ3n) is 4.98.